The predicted octanol–water partition coefficient (Wildman–Crippen LogP) is 4.74. The van der Waals surface area contributed by atoms with Crippen molar-refractivity contribution in [2.75, 3.05) is 18.4 Å². The summed E-state index contributed by atoms with van der Waals surface area (Å²) < 4.78 is 0. The van der Waals surface area contributed by atoms with E-state index in [1.54, 1.807) is 17.5 Å². The highest BCUT2D eigenvalue weighted by Gasteiger charge is 2.39. The molecule has 1 aromatic carbocycles. The number of hydrogen-bond acceptors (Lipinski definition) is 4. The van der Waals surface area contributed by atoms with Crippen LogP contribution < -0.4 is 5.32 Å². The first-order valence-corrected chi connectivity index (χ1v) is 11.1. The van der Waals surface area contributed by atoms with E-state index in [0.29, 0.717) is 0 Å². The number of fused-ring (bicyclic) bond motifs is 1. The van der Waals surface area contributed by atoms with Crippen molar-refractivity contribution >= 4 is 23.1 Å². The van der Waals surface area contributed by atoms with Gasteiger partial charge in [-0.05, 0) is 46.9 Å². The smallest absolute Gasteiger partial charge is 0.310 e. The van der Waals surface area contributed by atoms with Gasteiger partial charge in [0.25, 0.3) is 0 Å². The van der Waals surface area contributed by atoms with Crippen molar-refractivity contribution in [2.24, 2.45) is 0 Å². The highest BCUT2D eigenvalue weighted by atomic mass is 32.1. The molecular weight excluding hydrogens is 380 g/mol. The average Bonchev–Trinajstić information content (AvgIpc) is 3.27. The molecule has 5 nitrogen and oxygen atoms in total. The molecule has 3 aromatic rings. The van der Waals surface area contributed by atoms with Crippen molar-refractivity contribution in [2.45, 2.75) is 31.5 Å². The molecule has 1 N–H and O–H groups in total. The largest absolute Gasteiger partial charge is 0.322 e. The number of likely N-dealkylation sites (tertiary alicyclic amines) is 1. The molecule has 0 spiro atoms. The highest BCUT2D eigenvalue weighted by Crippen LogP contribution is 2.40. The van der Waals surface area contributed by atoms with Gasteiger partial charge in [0.05, 0.1) is 11.7 Å². The number of pyridine rings is 1. The van der Waals surface area contributed by atoms with Gasteiger partial charge in [-0.3, -0.25) is 9.88 Å². The topological polar surface area (TPSA) is 48.5 Å². The first-order chi connectivity index (χ1) is 14.3. The lowest BCUT2D eigenvalue weighted by atomic mass is 9.91. The van der Waals surface area contributed by atoms with Crippen molar-refractivity contribution in [3.8, 4) is 0 Å². The molecular formula is C23H24N4OS. The van der Waals surface area contributed by atoms with Crippen LogP contribution in [-0.2, 0) is 6.54 Å². The second kappa shape index (κ2) is 7.97. The molecule has 1 fully saturated rings. The molecule has 1 atom stereocenters. The van der Waals surface area contributed by atoms with Gasteiger partial charge in [-0.2, -0.15) is 11.3 Å². The van der Waals surface area contributed by atoms with Crippen molar-refractivity contribution in [1.82, 2.24) is 14.8 Å². The number of aromatic nitrogens is 1. The minimum Gasteiger partial charge on any atom is -0.310 e. The molecule has 0 saturated carbocycles. The molecule has 0 aliphatic carbocycles. The maximum absolute atomic E-state index is 13.2. The fourth-order valence-corrected chi connectivity index (χ4v) is 5.19. The van der Waals surface area contributed by atoms with Crippen LogP contribution in [0.1, 0.15) is 35.6 Å². The van der Waals surface area contributed by atoms with Crippen LogP contribution in [0, 0.1) is 0 Å². The molecule has 2 aromatic heterocycles. The van der Waals surface area contributed by atoms with E-state index in [1.165, 1.54) is 5.56 Å². The monoisotopic (exact) mass is 404 g/mol. The Morgan fingerprint density at radius 2 is 1.93 bits per heavy atom. The molecule has 6 heteroatoms. The molecule has 0 bridgehead atoms. The van der Waals surface area contributed by atoms with Gasteiger partial charge in [0, 0.05) is 43.6 Å². The summed E-state index contributed by atoms with van der Waals surface area (Å²) in [6, 6.07) is 14.5. The summed E-state index contributed by atoms with van der Waals surface area (Å²) in [4.78, 5) is 22.1. The highest BCUT2D eigenvalue weighted by molar-refractivity contribution is 7.07. The van der Waals surface area contributed by atoms with Crippen molar-refractivity contribution in [3.63, 3.8) is 0 Å². The fourth-order valence-electron chi connectivity index (χ4n) is 4.53. The molecule has 148 valence electrons. The number of benzene rings is 1. The molecule has 1 unspecified atom stereocenters. The lowest BCUT2D eigenvalue weighted by molar-refractivity contribution is 0.106. The number of rotatable bonds is 4. The Hall–Kier alpha value is -2.70. The summed E-state index contributed by atoms with van der Waals surface area (Å²) in [6.07, 6.45) is 5.60. The lowest BCUT2D eigenvalue weighted by Crippen LogP contribution is -2.52. The first-order valence-electron chi connectivity index (χ1n) is 10.1. The van der Waals surface area contributed by atoms with E-state index in [1.807, 2.05) is 30.5 Å². The number of amides is 2. The zero-order valence-corrected chi connectivity index (χ0v) is 17.0. The second-order valence-electron chi connectivity index (χ2n) is 7.75. The average molecular weight is 405 g/mol. The van der Waals surface area contributed by atoms with E-state index in [-0.39, 0.29) is 18.1 Å². The van der Waals surface area contributed by atoms with Gasteiger partial charge in [0.15, 0.2) is 0 Å². The van der Waals surface area contributed by atoms with Crippen LogP contribution in [0.25, 0.3) is 0 Å². The maximum Gasteiger partial charge on any atom is 0.322 e. The predicted molar refractivity (Wildman–Crippen MR) is 116 cm³/mol. The van der Waals surface area contributed by atoms with Crippen LogP contribution in [0.5, 0.6) is 0 Å². The Balaban J connectivity index is 1.40. The maximum atomic E-state index is 13.2. The quantitative estimate of drug-likeness (QED) is 0.683. The number of hydrogen-bond donors (Lipinski definition) is 1. The molecule has 29 heavy (non-hydrogen) atoms. The standard InChI is InChI=1S/C23H24N4OS/c28-23-25-21-6-10-24-14-20(21)22(18-4-2-1-3-5-18)27(23)19-7-11-26(12-8-19)15-17-9-13-29-16-17/h1-6,9-10,13-14,16,19,22H,7-8,11-12,15H2,(H,25,28). The normalized spacial score (nSPS) is 20.3. The Bertz CT molecular complexity index is 968. The molecule has 4 heterocycles. The van der Waals surface area contributed by atoms with Gasteiger partial charge >= 0.3 is 6.03 Å². The van der Waals surface area contributed by atoms with Crippen LogP contribution in [0.15, 0.2) is 65.6 Å². The lowest BCUT2D eigenvalue weighted by Gasteiger charge is -2.45. The third-order valence-corrected chi connectivity index (χ3v) is 6.68. The zero-order chi connectivity index (χ0) is 19.6. The number of nitrogens with zero attached hydrogens (tertiary/aromatic N) is 3. The summed E-state index contributed by atoms with van der Waals surface area (Å²) in [7, 11) is 0. The van der Waals surface area contributed by atoms with E-state index in [9.17, 15) is 4.79 Å². The molecule has 1 saturated heterocycles. The Kier molecular flexibility index (Phi) is 5.04. The summed E-state index contributed by atoms with van der Waals surface area (Å²) in [6.45, 7) is 3.01. The molecule has 2 amide bonds. The third kappa shape index (κ3) is 3.66. The number of thiophene rings is 1. The van der Waals surface area contributed by atoms with Crippen LogP contribution in [0.4, 0.5) is 10.5 Å². The van der Waals surface area contributed by atoms with Crippen molar-refractivity contribution in [1.29, 1.82) is 0 Å². The van der Waals surface area contributed by atoms with E-state index in [0.717, 1.165) is 49.3 Å². The van der Waals surface area contributed by atoms with Gasteiger partial charge in [0.2, 0.25) is 0 Å². The van der Waals surface area contributed by atoms with E-state index in [2.05, 4.69) is 49.1 Å². The summed E-state index contributed by atoms with van der Waals surface area (Å²) in [5.41, 5.74) is 4.45. The minimum atomic E-state index is -0.0953. The number of nitrogens with one attached hydrogen (secondary N) is 1. The third-order valence-electron chi connectivity index (χ3n) is 5.95. The second-order valence-corrected chi connectivity index (χ2v) is 8.53. The van der Waals surface area contributed by atoms with E-state index >= 15 is 0 Å². The van der Waals surface area contributed by atoms with E-state index in [4.69, 9.17) is 0 Å². The molecule has 2 aliphatic rings. The van der Waals surface area contributed by atoms with Gasteiger partial charge in [0.1, 0.15) is 0 Å². The van der Waals surface area contributed by atoms with Crippen molar-refractivity contribution in [3.05, 3.63) is 82.3 Å². The van der Waals surface area contributed by atoms with Crippen LogP contribution in [0.2, 0.25) is 0 Å². The number of piperidine rings is 1. The van der Waals surface area contributed by atoms with Crippen LogP contribution in [0.3, 0.4) is 0 Å². The van der Waals surface area contributed by atoms with Gasteiger partial charge in [-0.1, -0.05) is 30.3 Å². The number of anilines is 1. The number of carbonyl (C=O) groups excluding carboxylic acids is 1. The number of urea groups is 1. The van der Waals surface area contributed by atoms with Gasteiger partial charge < -0.3 is 10.2 Å². The van der Waals surface area contributed by atoms with Crippen LogP contribution >= 0.6 is 11.3 Å². The summed E-state index contributed by atoms with van der Waals surface area (Å²) >= 11 is 1.75. The summed E-state index contributed by atoms with van der Waals surface area (Å²) in [5.74, 6) is 0. The SMILES string of the molecule is O=C1Nc2ccncc2C(c2ccccc2)N1C1CCN(Cc2ccsc2)CC1. The molecule has 0 radical (unpaired) electrons. The molecule has 2 aliphatic heterocycles. The zero-order valence-electron chi connectivity index (χ0n) is 16.2. The first kappa shape index (κ1) is 18.3. The Morgan fingerprint density at radius 3 is 2.69 bits per heavy atom. The Morgan fingerprint density at radius 1 is 1.10 bits per heavy atom. The number of carbonyl (C=O) groups is 1. The fraction of sp³-hybridized carbons (Fsp3) is 0.304. The minimum absolute atomic E-state index is 0.00571. The summed E-state index contributed by atoms with van der Waals surface area (Å²) in [5, 5.41) is 7.45. The molecule has 5 rings (SSSR count). The van der Waals surface area contributed by atoms with Crippen molar-refractivity contribution < 1.29 is 4.79 Å². The van der Waals surface area contributed by atoms with Crippen LogP contribution in [-0.4, -0.2) is 39.9 Å². The Labute approximate surface area is 175 Å². The van der Waals surface area contributed by atoms with E-state index < -0.39 is 0 Å². The van der Waals surface area contributed by atoms with Gasteiger partial charge in [-0.25, -0.2) is 4.79 Å². The van der Waals surface area contributed by atoms with Gasteiger partial charge in [-0.15, -0.1) is 0 Å².